The van der Waals surface area contributed by atoms with Crippen LogP contribution in [0.15, 0.2) is 5.11 Å². The Morgan fingerprint density at radius 3 is 2.83 bits per heavy atom. The molecule has 134 valence electrons. The van der Waals surface area contributed by atoms with Crippen molar-refractivity contribution in [2.75, 3.05) is 32.8 Å². The van der Waals surface area contributed by atoms with E-state index >= 15 is 0 Å². The van der Waals surface area contributed by atoms with E-state index in [-0.39, 0.29) is 19.7 Å². The molecular weight excluding hydrogens is 322 g/mol. The molecule has 1 aliphatic rings. The van der Waals surface area contributed by atoms with Crippen LogP contribution in [0.25, 0.3) is 10.4 Å². The van der Waals surface area contributed by atoms with E-state index in [1.165, 1.54) is 0 Å². The van der Waals surface area contributed by atoms with E-state index < -0.39 is 36.6 Å². The van der Waals surface area contributed by atoms with Crippen molar-refractivity contribution < 1.29 is 29.6 Å². The molecule has 0 saturated carbocycles. The van der Waals surface area contributed by atoms with Crippen LogP contribution in [0.3, 0.4) is 0 Å². The maximum atomic E-state index is 11.8. The van der Waals surface area contributed by atoms with E-state index in [9.17, 15) is 20.1 Å². The number of hydrogen-bond donors (Lipinski definition) is 5. The summed E-state index contributed by atoms with van der Waals surface area (Å²) >= 11 is 0. The smallest absolute Gasteiger partial charge is 0.251 e. The van der Waals surface area contributed by atoms with Crippen molar-refractivity contribution in [3.8, 4) is 12.3 Å². The maximum Gasteiger partial charge on any atom is 0.251 e. The predicted octanol–water partition coefficient (Wildman–Crippen LogP) is -2.54. The quantitative estimate of drug-likeness (QED) is 0.0956. The number of rotatable bonds is 10. The SMILES string of the molecule is C#CCO[C@@H]1O[C@@H](C(O)C(=O)NCCNCCN=[N+]=[N-])[C@H](O)[C@H]1O. The molecule has 11 nitrogen and oxygen atoms in total. The minimum atomic E-state index is -1.68. The van der Waals surface area contributed by atoms with E-state index in [1.54, 1.807) is 0 Å². The Hall–Kier alpha value is -1.90. The Labute approximate surface area is 138 Å². The number of nitrogens with one attached hydrogen (secondary N) is 2. The van der Waals surface area contributed by atoms with E-state index in [0.717, 1.165) is 0 Å². The summed E-state index contributed by atoms with van der Waals surface area (Å²) in [5.41, 5.74) is 8.09. The Balaban J connectivity index is 2.34. The highest BCUT2D eigenvalue weighted by Crippen LogP contribution is 2.24. The third kappa shape index (κ3) is 5.95. The molecular formula is C13H21N5O6. The van der Waals surface area contributed by atoms with Gasteiger partial charge in [0.2, 0.25) is 0 Å². The number of aliphatic hydroxyl groups excluding tert-OH is 3. The summed E-state index contributed by atoms with van der Waals surface area (Å²) < 4.78 is 10.1. The Morgan fingerprint density at radius 1 is 1.42 bits per heavy atom. The predicted molar refractivity (Wildman–Crippen MR) is 81.4 cm³/mol. The molecule has 1 heterocycles. The third-order valence-electron chi connectivity index (χ3n) is 3.22. The molecule has 0 radical (unpaired) electrons. The first-order valence-corrected chi connectivity index (χ1v) is 7.27. The van der Waals surface area contributed by atoms with E-state index in [2.05, 4.69) is 26.6 Å². The zero-order valence-corrected chi connectivity index (χ0v) is 12.9. The van der Waals surface area contributed by atoms with Crippen LogP contribution in [0.1, 0.15) is 0 Å². The molecule has 11 heteroatoms. The van der Waals surface area contributed by atoms with Gasteiger partial charge in [0, 0.05) is 31.1 Å². The molecule has 0 bridgehead atoms. The summed E-state index contributed by atoms with van der Waals surface area (Å²) in [5, 5.41) is 38.2. The lowest BCUT2D eigenvalue weighted by molar-refractivity contribution is -0.175. The van der Waals surface area contributed by atoms with Crippen molar-refractivity contribution in [2.45, 2.75) is 30.7 Å². The lowest BCUT2D eigenvalue weighted by Gasteiger charge is -2.20. The van der Waals surface area contributed by atoms with Gasteiger partial charge in [0.1, 0.15) is 24.9 Å². The fourth-order valence-corrected chi connectivity index (χ4v) is 2.03. The van der Waals surface area contributed by atoms with Crippen LogP contribution in [-0.4, -0.2) is 84.7 Å². The number of carbonyl (C=O) groups is 1. The zero-order valence-electron chi connectivity index (χ0n) is 12.9. The molecule has 1 amide bonds. The largest absolute Gasteiger partial charge is 0.387 e. The van der Waals surface area contributed by atoms with Crippen LogP contribution in [-0.2, 0) is 14.3 Å². The molecule has 24 heavy (non-hydrogen) atoms. The Bertz CT molecular complexity index is 492. The third-order valence-corrected chi connectivity index (χ3v) is 3.22. The van der Waals surface area contributed by atoms with Gasteiger partial charge in [-0.25, -0.2) is 0 Å². The van der Waals surface area contributed by atoms with Crippen molar-refractivity contribution in [3.05, 3.63) is 10.4 Å². The molecule has 1 aliphatic heterocycles. The van der Waals surface area contributed by atoms with Crippen molar-refractivity contribution in [1.82, 2.24) is 10.6 Å². The second-order valence-electron chi connectivity index (χ2n) is 4.91. The summed E-state index contributed by atoms with van der Waals surface area (Å²) in [7, 11) is 0. The summed E-state index contributed by atoms with van der Waals surface area (Å²) in [6, 6.07) is 0. The number of carbonyl (C=O) groups excluding carboxylic acids is 1. The van der Waals surface area contributed by atoms with Gasteiger partial charge in [0.25, 0.3) is 5.91 Å². The number of azide groups is 1. The van der Waals surface area contributed by atoms with Crippen LogP contribution in [0.5, 0.6) is 0 Å². The normalized spacial score (nSPS) is 27.1. The number of nitrogens with zero attached hydrogens (tertiary/aromatic N) is 3. The summed E-state index contributed by atoms with van der Waals surface area (Å²) in [6.45, 7) is 1.18. The van der Waals surface area contributed by atoms with Crippen molar-refractivity contribution in [2.24, 2.45) is 5.11 Å². The van der Waals surface area contributed by atoms with Gasteiger partial charge < -0.3 is 35.4 Å². The first-order chi connectivity index (χ1) is 11.5. The highest BCUT2D eigenvalue weighted by Gasteiger charge is 2.48. The topological polar surface area (TPSA) is 169 Å². The molecule has 0 aromatic heterocycles. The van der Waals surface area contributed by atoms with E-state index in [1.807, 2.05) is 0 Å². The summed E-state index contributed by atoms with van der Waals surface area (Å²) in [4.78, 5) is 14.4. The van der Waals surface area contributed by atoms with E-state index in [4.69, 9.17) is 21.4 Å². The van der Waals surface area contributed by atoms with Gasteiger partial charge >= 0.3 is 0 Å². The molecule has 1 fully saturated rings. The molecule has 0 aromatic rings. The van der Waals surface area contributed by atoms with Crippen LogP contribution in [0.4, 0.5) is 0 Å². The lowest BCUT2D eigenvalue weighted by atomic mass is 10.1. The van der Waals surface area contributed by atoms with Gasteiger partial charge in [-0.1, -0.05) is 11.0 Å². The molecule has 0 spiro atoms. The monoisotopic (exact) mass is 343 g/mol. The number of ether oxygens (including phenoxy) is 2. The molecule has 5 atom stereocenters. The minimum Gasteiger partial charge on any atom is -0.387 e. The highest BCUT2D eigenvalue weighted by molar-refractivity contribution is 5.81. The number of amides is 1. The van der Waals surface area contributed by atoms with Gasteiger partial charge in [-0.15, -0.1) is 6.42 Å². The van der Waals surface area contributed by atoms with Crippen molar-refractivity contribution >= 4 is 5.91 Å². The lowest BCUT2D eigenvalue weighted by Crippen LogP contribution is -2.48. The second kappa shape index (κ2) is 10.8. The average Bonchev–Trinajstić information content (AvgIpc) is 2.86. The average molecular weight is 343 g/mol. The van der Waals surface area contributed by atoms with Crippen LogP contribution < -0.4 is 10.6 Å². The fraction of sp³-hybridized carbons (Fsp3) is 0.769. The van der Waals surface area contributed by atoms with Gasteiger partial charge in [-0.2, -0.15) is 0 Å². The van der Waals surface area contributed by atoms with Gasteiger partial charge in [-0.3, -0.25) is 4.79 Å². The van der Waals surface area contributed by atoms with Crippen molar-refractivity contribution in [3.63, 3.8) is 0 Å². The first kappa shape index (κ1) is 20.1. The number of terminal acetylenes is 1. The number of hydrogen-bond acceptors (Lipinski definition) is 8. The van der Waals surface area contributed by atoms with E-state index in [0.29, 0.717) is 13.1 Å². The molecule has 5 N–H and O–H groups in total. The number of aliphatic hydroxyl groups is 3. The molecule has 0 aliphatic carbocycles. The Morgan fingerprint density at radius 2 is 2.17 bits per heavy atom. The van der Waals surface area contributed by atoms with Gasteiger partial charge in [0.15, 0.2) is 12.4 Å². The van der Waals surface area contributed by atoms with Gasteiger partial charge in [0.05, 0.1) is 0 Å². The Kier molecular flexibility index (Phi) is 9.06. The summed E-state index contributed by atoms with van der Waals surface area (Å²) in [5.74, 6) is 1.42. The van der Waals surface area contributed by atoms with Crippen LogP contribution >= 0.6 is 0 Å². The van der Waals surface area contributed by atoms with Crippen molar-refractivity contribution in [1.29, 1.82) is 0 Å². The highest BCUT2D eigenvalue weighted by atomic mass is 16.7. The standard InChI is InChI=1S/C13H21N5O6/c1-2-7-23-13-9(20)8(19)11(24-13)10(21)12(22)16-5-3-15-4-6-17-18-14/h1,8-11,13,15,19-21H,3-7H2,(H,16,22)/t8-,9-,10?,11-,13-/m1/s1. The molecule has 1 unspecified atom stereocenters. The second-order valence-corrected chi connectivity index (χ2v) is 4.91. The fourth-order valence-electron chi connectivity index (χ4n) is 2.03. The molecule has 1 saturated heterocycles. The maximum absolute atomic E-state index is 11.8. The minimum absolute atomic E-state index is 0.148. The zero-order chi connectivity index (χ0) is 17.9. The van der Waals surface area contributed by atoms with Gasteiger partial charge in [-0.05, 0) is 5.53 Å². The first-order valence-electron chi connectivity index (χ1n) is 7.27. The summed E-state index contributed by atoms with van der Waals surface area (Å²) in [6.07, 6.45) is -2.13. The molecule has 1 rings (SSSR count). The van der Waals surface area contributed by atoms with Crippen LogP contribution in [0, 0.1) is 12.3 Å². The van der Waals surface area contributed by atoms with Crippen LogP contribution in [0.2, 0.25) is 0 Å². The molecule has 0 aromatic carbocycles.